The maximum Gasteiger partial charge on any atom is 0.235 e. The molecule has 3 N–H and O–H groups in total. The highest BCUT2D eigenvalue weighted by molar-refractivity contribution is 7.99. The molecule has 9 nitrogen and oxygen atoms in total. The lowest BCUT2D eigenvalue weighted by Gasteiger charge is -2.13. The summed E-state index contributed by atoms with van der Waals surface area (Å²) in [5.74, 6) is 1.57. The monoisotopic (exact) mass is 485 g/mol. The maximum absolute atomic E-state index is 12.9. The molecule has 0 spiro atoms. The summed E-state index contributed by atoms with van der Waals surface area (Å²) in [7, 11) is 0. The fourth-order valence-electron chi connectivity index (χ4n) is 3.83. The molecule has 35 heavy (non-hydrogen) atoms. The Balaban J connectivity index is 1.44. The van der Waals surface area contributed by atoms with Gasteiger partial charge < -0.3 is 15.8 Å². The van der Waals surface area contributed by atoms with Gasteiger partial charge in [0, 0.05) is 12.1 Å². The van der Waals surface area contributed by atoms with Crippen LogP contribution in [-0.2, 0) is 0 Å². The molecule has 1 saturated carbocycles. The number of hydrogen-bond acceptors (Lipinski definition) is 10. The SMILES string of the molecule is Nc1nc(Sc2ccc(Nc3cccnc3)nc2Oc2ccccc2)nc(C(=O)C2CCCC2)n1. The van der Waals surface area contributed by atoms with Crippen molar-refractivity contribution in [2.75, 3.05) is 11.1 Å². The molecule has 1 aliphatic carbocycles. The van der Waals surface area contributed by atoms with E-state index in [4.69, 9.17) is 10.5 Å². The average molecular weight is 486 g/mol. The Labute approximate surface area is 206 Å². The molecule has 1 aromatic carbocycles. The minimum absolute atomic E-state index is 0.0113. The van der Waals surface area contributed by atoms with E-state index in [1.807, 2.05) is 54.6 Å². The molecule has 0 saturated heterocycles. The van der Waals surface area contributed by atoms with Crippen molar-refractivity contribution in [2.24, 2.45) is 5.92 Å². The Morgan fingerprint density at radius 1 is 0.971 bits per heavy atom. The number of nitrogens with one attached hydrogen (secondary N) is 1. The molecule has 3 heterocycles. The predicted octanol–water partition coefficient (Wildman–Crippen LogP) is 5.30. The molecule has 3 aromatic heterocycles. The van der Waals surface area contributed by atoms with Gasteiger partial charge in [0.2, 0.25) is 23.4 Å². The van der Waals surface area contributed by atoms with Gasteiger partial charge in [-0.1, -0.05) is 31.0 Å². The van der Waals surface area contributed by atoms with Crippen molar-refractivity contribution in [3.63, 3.8) is 0 Å². The van der Waals surface area contributed by atoms with E-state index in [9.17, 15) is 4.79 Å². The molecular weight excluding hydrogens is 462 g/mol. The fourth-order valence-corrected chi connectivity index (χ4v) is 4.61. The average Bonchev–Trinajstić information content (AvgIpc) is 3.41. The van der Waals surface area contributed by atoms with Gasteiger partial charge in [0.1, 0.15) is 11.6 Å². The molecular formula is C25H23N7O2S. The van der Waals surface area contributed by atoms with E-state index in [0.29, 0.717) is 27.5 Å². The zero-order chi connectivity index (χ0) is 24.0. The largest absolute Gasteiger partial charge is 0.438 e. The molecule has 176 valence electrons. The predicted molar refractivity (Wildman–Crippen MR) is 133 cm³/mol. The minimum Gasteiger partial charge on any atom is -0.438 e. The summed E-state index contributed by atoms with van der Waals surface area (Å²) in [5.41, 5.74) is 6.73. The van der Waals surface area contributed by atoms with Crippen LogP contribution < -0.4 is 15.8 Å². The van der Waals surface area contributed by atoms with Gasteiger partial charge in [-0.3, -0.25) is 9.78 Å². The first kappa shape index (κ1) is 22.7. The highest BCUT2D eigenvalue weighted by Gasteiger charge is 2.27. The number of ether oxygens (including phenoxy) is 1. The second kappa shape index (κ2) is 10.5. The zero-order valence-corrected chi connectivity index (χ0v) is 19.6. The molecule has 5 rings (SSSR count). The summed E-state index contributed by atoms with van der Waals surface area (Å²) in [6.45, 7) is 0. The molecule has 1 aliphatic rings. The number of benzene rings is 1. The number of nitrogens with two attached hydrogens (primary N) is 1. The lowest BCUT2D eigenvalue weighted by molar-refractivity contribution is 0.0911. The Hall–Kier alpha value is -4.05. The number of nitrogens with zero attached hydrogens (tertiary/aromatic N) is 5. The topological polar surface area (TPSA) is 129 Å². The highest BCUT2D eigenvalue weighted by Crippen LogP contribution is 2.36. The molecule has 4 aromatic rings. The van der Waals surface area contributed by atoms with Crippen LogP contribution in [0.15, 0.2) is 77.0 Å². The normalized spacial score (nSPS) is 13.5. The van der Waals surface area contributed by atoms with Gasteiger partial charge in [0.05, 0.1) is 16.8 Å². The van der Waals surface area contributed by atoms with Crippen molar-refractivity contribution in [1.82, 2.24) is 24.9 Å². The fraction of sp³-hybridized carbons (Fsp3) is 0.200. The number of carbonyl (C=O) groups is 1. The van der Waals surface area contributed by atoms with Gasteiger partial charge in [-0.15, -0.1) is 0 Å². The Morgan fingerprint density at radius 3 is 2.57 bits per heavy atom. The Bertz CT molecular complexity index is 1320. The number of pyridine rings is 2. The number of anilines is 3. The Kier molecular flexibility index (Phi) is 6.80. The minimum atomic E-state index is -0.0756. The van der Waals surface area contributed by atoms with E-state index in [1.165, 1.54) is 11.8 Å². The van der Waals surface area contributed by atoms with Gasteiger partial charge in [-0.05, 0) is 61.0 Å². The molecule has 0 amide bonds. The number of rotatable bonds is 8. The van der Waals surface area contributed by atoms with Crippen LogP contribution in [0.5, 0.6) is 11.6 Å². The maximum atomic E-state index is 12.9. The van der Waals surface area contributed by atoms with Crippen molar-refractivity contribution in [2.45, 2.75) is 35.7 Å². The second-order valence-electron chi connectivity index (χ2n) is 8.03. The lowest BCUT2D eigenvalue weighted by atomic mass is 10.0. The van der Waals surface area contributed by atoms with Crippen LogP contribution >= 0.6 is 11.8 Å². The first-order valence-corrected chi connectivity index (χ1v) is 12.1. The van der Waals surface area contributed by atoms with E-state index < -0.39 is 0 Å². The molecule has 0 unspecified atom stereocenters. The van der Waals surface area contributed by atoms with Crippen molar-refractivity contribution in [1.29, 1.82) is 0 Å². The summed E-state index contributed by atoms with van der Waals surface area (Å²) >= 11 is 1.21. The lowest BCUT2D eigenvalue weighted by Crippen LogP contribution is -2.17. The summed E-state index contributed by atoms with van der Waals surface area (Å²) in [4.78, 5) is 35.0. The van der Waals surface area contributed by atoms with Crippen molar-refractivity contribution in [3.05, 3.63) is 72.8 Å². The van der Waals surface area contributed by atoms with Gasteiger partial charge in [-0.25, -0.2) is 0 Å². The summed E-state index contributed by atoms with van der Waals surface area (Å²) in [5, 5.41) is 3.53. The van der Waals surface area contributed by atoms with Crippen molar-refractivity contribution >= 4 is 35.0 Å². The van der Waals surface area contributed by atoms with Crippen molar-refractivity contribution in [3.8, 4) is 11.6 Å². The van der Waals surface area contributed by atoms with Crippen LogP contribution in [0.1, 0.15) is 36.3 Å². The van der Waals surface area contributed by atoms with E-state index >= 15 is 0 Å². The van der Waals surface area contributed by atoms with Gasteiger partial charge >= 0.3 is 0 Å². The van der Waals surface area contributed by atoms with Crippen LogP contribution in [0.2, 0.25) is 0 Å². The quantitative estimate of drug-likeness (QED) is 0.317. The van der Waals surface area contributed by atoms with Gasteiger partial charge in [0.25, 0.3) is 0 Å². The Morgan fingerprint density at radius 2 is 1.80 bits per heavy atom. The molecule has 10 heteroatoms. The van der Waals surface area contributed by atoms with E-state index in [0.717, 1.165) is 31.4 Å². The third-order valence-electron chi connectivity index (χ3n) is 5.50. The third-order valence-corrected chi connectivity index (χ3v) is 6.39. The molecule has 0 bridgehead atoms. The third kappa shape index (κ3) is 5.72. The molecule has 0 radical (unpaired) electrons. The van der Waals surface area contributed by atoms with Crippen LogP contribution in [0.4, 0.5) is 17.5 Å². The number of carbonyl (C=O) groups excluding carboxylic acids is 1. The second-order valence-corrected chi connectivity index (χ2v) is 9.04. The van der Waals surface area contributed by atoms with Crippen LogP contribution in [0, 0.1) is 5.92 Å². The van der Waals surface area contributed by atoms with Crippen LogP contribution in [0.3, 0.4) is 0 Å². The number of nitrogen functional groups attached to an aromatic ring is 1. The van der Waals surface area contributed by atoms with Gasteiger partial charge in [0.15, 0.2) is 5.16 Å². The first-order chi connectivity index (χ1) is 17.1. The molecule has 0 atom stereocenters. The summed E-state index contributed by atoms with van der Waals surface area (Å²) < 4.78 is 6.09. The number of para-hydroxylation sites is 1. The van der Waals surface area contributed by atoms with Crippen LogP contribution in [0.25, 0.3) is 0 Å². The first-order valence-electron chi connectivity index (χ1n) is 11.3. The van der Waals surface area contributed by atoms with E-state index in [1.54, 1.807) is 12.4 Å². The molecule has 0 aliphatic heterocycles. The number of hydrogen-bond donors (Lipinski definition) is 2. The highest BCUT2D eigenvalue weighted by atomic mass is 32.2. The van der Waals surface area contributed by atoms with Crippen molar-refractivity contribution < 1.29 is 9.53 Å². The van der Waals surface area contributed by atoms with Gasteiger partial charge in [-0.2, -0.15) is 19.9 Å². The van der Waals surface area contributed by atoms with E-state index in [2.05, 4.69) is 30.2 Å². The summed E-state index contributed by atoms with van der Waals surface area (Å²) in [6.07, 6.45) is 7.22. The summed E-state index contributed by atoms with van der Waals surface area (Å²) in [6, 6.07) is 16.8. The number of ketones is 1. The number of aromatic nitrogens is 5. The van der Waals surface area contributed by atoms with E-state index in [-0.39, 0.29) is 23.5 Å². The molecule has 1 fully saturated rings. The standard InChI is InChI=1S/C25H23N7O2S/c26-24-30-22(21(33)16-7-4-5-8-16)31-25(32-24)35-19-12-13-20(28-17-9-6-14-27-15-17)29-23(19)34-18-10-2-1-3-11-18/h1-3,6,9-16H,4-5,7-8H2,(H,28,29)(H2,26,30,31,32). The number of Topliss-reactive ketones (excluding diaryl/α,β-unsaturated/α-hetero) is 1. The zero-order valence-electron chi connectivity index (χ0n) is 18.8. The van der Waals surface area contributed by atoms with Crippen LogP contribution in [-0.4, -0.2) is 30.7 Å². The smallest absolute Gasteiger partial charge is 0.235 e.